The summed E-state index contributed by atoms with van der Waals surface area (Å²) in [7, 11) is 0. The molecule has 5 nitrogen and oxygen atoms in total. The van der Waals surface area contributed by atoms with Gasteiger partial charge >= 0.3 is 0 Å². The first-order valence-electron chi connectivity index (χ1n) is 8.55. The summed E-state index contributed by atoms with van der Waals surface area (Å²) in [5.74, 6) is 0.186. The topological polar surface area (TPSA) is 54.7 Å². The van der Waals surface area contributed by atoms with Gasteiger partial charge in [-0.2, -0.15) is 0 Å². The zero-order valence-electron chi connectivity index (χ0n) is 13.9. The molecule has 0 N–H and O–H groups in total. The number of imidazole rings is 1. The summed E-state index contributed by atoms with van der Waals surface area (Å²) < 4.78 is 2.02. The third-order valence-electron chi connectivity index (χ3n) is 5.05. The minimum atomic E-state index is -0.243. The van der Waals surface area contributed by atoms with Gasteiger partial charge in [-0.25, -0.2) is 4.98 Å². The SMILES string of the molecule is Cc1cc(C2CC2)cn2cc(CN3C(=O)c4ccccc4C3=O)nc12. The maximum absolute atomic E-state index is 12.5. The largest absolute Gasteiger partial charge is 0.306 e. The average molecular weight is 331 g/mol. The first-order valence-corrected chi connectivity index (χ1v) is 8.55. The summed E-state index contributed by atoms with van der Waals surface area (Å²) in [4.78, 5) is 31.0. The maximum atomic E-state index is 12.5. The van der Waals surface area contributed by atoms with Crippen molar-refractivity contribution in [2.24, 2.45) is 0 Å². The number of nitrogens with zero attached hydrogens (tertiary/aromatic N) is 3. The summed E-state index contributed by atoms with van der Waals surface area (Å²) in [6.45, 7) is 2.26. The highest BCUT2D eigenvalue weighted by Gasteiger charge is 2.35. The van der Waals surface area contributed by atoms with Crippen molar-refractivity contribution in [1.82, 2.24) is 14.3 Å². The monoisotopic (exact) mass is 331 g/mol. The Labute approximate surface area is 144 Å². The van der Waals surface area contributed by atoms with Crippen LogP contribution in [0.15, 0.2) is 42.7 Å². The third kappa shape index (κ3) is 2.19. The van der Waals surface area contributed by atoms with Crippen molar-refractivity contribution in [2.75, 3.05) is 0 Å². The van der Waals surface area contributed by atoms with Gasteiger partial charge in [0.2, 0.25) is 0 Å². The van der Waals surface area contributed by atoms with E-state index in [-0.39, 0.29) is 18.4 Å². The molecule has 1 aliphatic carbocycles. The van der Waals surface area contributed by atoms with Crippen LogP contribution in [0.3, 0.4) is 0 Å². The molecule has 25 heavy (non-hydrogen) atoms. The lowest BCUT2D eigenvalue weighted by molar-refractivity contribution is 0.0640. The minimum Gasteiger partial charge on any atom is -0.306 e. The predicted molar refractivity (Wildman–Crippen MR) is 92.6 cm³/mol. The second kappa shape index (κ2) is 5.02. The van der Waals surface area contributed by atoms with Gasteiger partial charge in [-0.1, -0.05) is 18.2 Å². The molecular formula is C20H17N3O2. The van der Waals surface area contributed by atoms with E-state index in [0.717, 1.165) is 16.9 Å². The Morgan fingerprint density at radius 1 is 1.08 bits per heavy atom. The van der Waals surface area contributed by atoms with Gasteiger partial charge < -0.3 is 4.40 Å². The number of hydrogen-bond acceptors (Lipinski definition) is 3. The highest BCUT2D eigenvalue weighted by Crippen LogP contribution is 2.40. The Kier molecular flexibility index (Phi) is 2.89. The standard InChI is InChI=1S/C20H17N3O2/c1-12-8-14(13-6-7-13)9-22-10-15(21-18(12)22)11-23-19(24)16-4-2-3-5-17(16)20(23)25/h2-5,8-10,13H,6-7,11H2,1H3. The summed E-state index contributed by atoms with van der Waals surface area (Å²) in [6.07, 6.45) is 6.56. The van der Waals surface area contributed by atoms with E-state index in [4.69, 9.17) is 0 Å². The van der Waals surface area contributed by atoms with Crippen LogP contribution in [-0.4, -0.2) is 26.1 Å². The molecule has 5 rings (SSSR count). The number of aromatic nitrogens is 2. The van der Waals surface area contributed by atoms with Crippen LogP contribution in [0.2, 0.25) is 0 Å². The molecule has 2 amide bonds. The van der Waals surface area contributed by atoms with Gasteiger partial charge in [0.05, 0.1) is 23.4 Å². The summed E-state index contributed by atoms with van der Waals surface area (Å²) in [5.41, 5.74) is 5.03. The van der Waals surface area contributed by atoms with Gasteiger partial charge in [0, 0.05) is 12.4 Å². The van der Waals surface area contributed by atoms with E-state index in [0.29, 0.717) is 17.0 Å². The second-order valence-corrected chi connectivity index (χ2v) is 6.94. The summed E-state index contributed by atoms with van der Waals surface area (Å²) in [6, 6.07) is 9.16. The summed E-state index contributed by atoms with van der Waals surface area (Å²) >= 11 is 0. The van der Waals surface area contributed by atoms with Crippen molar-refractivity contribution in [3.8, 4) is 0 Å². The average Bonchev–Trinajstić information content (AvgIpc) is 3.34. The highest BCUT2D eigenvalue weighted by atomic mass is 16.2. The number of rotatable bonds is 3. The molecule has 3 aromatic rings. The van der Waals surface area contributed by atoms with Crippen LogP contribution in [0, 0.1) is 6.92 Å². The molecule has 0 unspecified atom stereocenters. The lowest BCUT2D eigenvalue weighted by Gasteiger charge is -2.11. The fourth-order valence-electron chi connectivity index (χ4n) is 3.61. The molecule has 1 aromatic carbocycles. The molecule has 1 aliphatic heterocycles. The molecule has 2 aromatic heterocycles. The second-order valence-electron chi connectivity index (χ2n) is 6.94. The molecule has 0 spiro atoms. The van der Waals surface area contributed by atoms with Crippen LogP contribution in [0.5, 0.6) is 0 Å². The fourth-order valence-corrected chi connectivity index (χ4v) is 3.61. The van der Waals surface area contributed by atoms with Gasteiger partial charge in [0.15, 0.2) is 0 Å². The van der Waals surface area contributed by atoms with Crippen LogP contribution in [0.4, 0.5) is 0 Å². The van der Waals surface area contributed by atoms with Gasteiger partial charge in [-0.3, -0.25) is 14.5 Å². The third-order valence-corrected chi connectivity index (χ3v) is 5.05. The lowest BCUT2D eigenvalue weighted by atomic mass is 10.1. The van der Waals surface area contributed by atoms with Gasteiger partial charge in [-0.15, -0.1) is 0 Å². The minimum absolute atomic E-state index is 0.201. The Morgan fingerprint density at radius 3 is 2.40 bits per heavy atom. The molecule has 1 fully saturated rings. The van der Waals surface area contributed by atoms with Crippen molar-refractivity contribution >= 4 is 17.5 Å². The van der Waals surface area contributed by atoms with E-state index in [9.17, 15) is 9.59 Å². The smallest absolute Gasteiger partial charge is 0.261 e. The highest BCUT2D eigenvalue weighted by molar-refractivity contribution is 6.21. The fraction of sp³-hybridized carbons (Fsp3) is 0.250. The quantitative estimate of drug-likeness (QED) is 0.692. The van der Waals surface area contributed by atoms with Gasteiger partial charge in [0.1, 0.15) is 5.65 Å². The molecule has 0 bridgehead atoms. The van der Waals surface area contributed by atoms with Gasteiger partial charge in [-0.05, 0) is 48.9 Å². The van der Waals surface area contributed by atoms with Crippen LogP contribution >= 0.6 is 0 Å². The van der Waals surface area contributed by atoms with E-state index < -0.39 is 0 Å². The molecule has 1 saturated carbocycles. The molecule has 2 aliphatic rings. The number of pyridine rings is 1. The van der Waals surface area contributed by atoms with Crippen molar-refractivity contribution in [3.63, 3.8) is 0 Å². The molecule has 124 valence electrons. The number of fused-ring (bicyclic) bond motifs is 2. The number of benzene rings is 1. The Hall–Kier alpha value is -2.95. The van der Waals surface area contributed by atoms with Crippen LogP contribution in [0.1, 0.15) is 56.3 Å². The van der Waals surface area contributed by atoms with E-state index in [2.05, 4.69) is 24.2 Å². The van der Waals surface area contributed by atoms with E-state index in [1.54, 1.807) is 24.3 Å². The number of imide groups is 1. The Balaban J connectivity index is 1.50. The van der Waals surface area contributed by atoms with Crippen LogP contribution in [0.25, 0.3) is 5.65 Å². The first-order chi connectivity index (χ1) is 12.1. The molecule has 3 heterocycles. The zero-order chi connectivity index (χ0) is 17.1. The Morgan fingerprint density at radius 2 is 1.76 bits per heavy atom. The van der Waals surface area contributed by atoms with E-state index in [1.807, 2.05) is 10.6 Å². The van der Waals surface area contributed by atoms with Crippen molar-refractivity contribution in [1.29, 1.82) is 0 Å². The van der Waals surface area contributed by atoms with E-state index in [1.165, 1.54) is 23.3 Å². The van der Waals surface area contributed by atoms with Gasteiger partial charge in [0.25, 0.3) is 11.8 Å². The summed E-state index contributed by atoms with van der Waals surface area (Å²) in [5, 5.41) is 0. The lowest BCUT2D eigenvalue weighted by Crippen LogP contribution is -2.29. The Bertz CT molecular complexity index is 1010. The predicted octanol–water partition coefficient (Wildman–Crippen LogP) is 3.32. The molecular weight excluding hydrogens is 314 g/mol. The van der Waals surface area contributed by atoms with E-state index >= 15 is 0 Å². The molecule has 0 radical (unpaired) electrons. The first kappa shape index (κ1) is 14.4. The molecule has 0 saturated heterocycles. The number of carbonyl (C=O) groups is 2. The van der Waals surface area contributed by atoms with Crippen molar-refractivity contribution in [2.45, 2.75) is 32.2 Å². The number of carbonyl (C=O) groups excluding carboxylic acids is 2. The number of amides is 2. The molecule has 0 atom stereocenters. The zero-order valence-corrected chi connectivity index (χ0v) is 13.9. The van der Waals surface area contributed by atoms with Crippen LogP contribution in [-0.2, 0) is 6.54 Å². The number of hydrogen-bond donors (Lipinski definition) is 0. The maximum Gasteiger partial charge on any atom is 0.261 e. The normalized spacial score (nSPS) is 16.8. The van der Waals surface area contributed by atoms with Crippen molar-refractivity contribution < 1.29 is 9.59 Å². The molecule has 5 heteroatoms. The van der Waals surface area contributed by atoms with Crippen LogP contribution < -0.4 is 0 Å². The number of aryl methyl sites for hydroxylation is 1. The van der Waals surface area contributed by atoms with Crippen molar-refractivity contribution in [3.05, 3.63) is 70.7 Å².